The second-order valence-electron chi connectivity index (χ2n) is 6.20. The molecule has 6 nitrogen and oxygen atoms in total. The van der Waals surface area contributed by atoms with Crippen molar-refractivity contribution in [3.8, 4) is 0 Å². The van der Waals surface area contributed by atoms with Crippen LogP contribution in [0, 0.1) is 12.8 Å². The largest absolute Gasteiger partial charge is 0.325 e. The van der Waals surface area contributed by atoms with E-state index in [1.165, 1.54) is 6.42 Å². The molecule has 0 bridgehead atoms. The summed E-state index contributed by atoms with van der Waals surface area (Å²) in [7, 11) is -3.50. The molecule has 2 fully saturated rings. The summed E-state index contributed by atoms with van der Waals surface area (Å²) in [6, 6.07) is 0.164. The Morgan fingerprint density at radius 2 is 2.00 bits per heavy atom. The van der Waals surface area contributed by atoms with E-state index in [1.54, 1.807) is 11.2 Å². The minimum Gasteiger partial charge on any atom is -0.325 e. The minimum atomic E-state index is -3.50. The predicted molar refractivity (Wildman–Crippen MR) is 80.1 cm³/mol. The summed E-state index contributed by atoms with van der Waals surface area (Å²) >= 11 is 0. The van der Waals surface area contributed by atoms with Crippen molar-refractivity contribution in [3.63, 3.8) is 0 Å². The van der Waals surface area contributed by atoms with Gasteiger partial charge in [-0.2, -0.15) is 9.40 Å². The van der Waals surface area contributed by atoms with Gasteiger partial charge in [0.05, 0.1) is 11.4 Å². The first-order chi connectivity index (χ1) is 10.1. The van der Waals surface area contributed by atoms with Gasteiger partial charge in [0, 0.05) is 19.1 Å². The molecule has 2 aliphatic rings. The topological polar surface area (TPSA) is 92.1 Å². The number of sulfonamides is 1. The van der Waals surface area contributed by atoms with E-state index in [2.05, 4.69) is 10.2 Å². The number of rotatable bonds is 3. The maximum absolute atomic E-state index is 13.1. The summed E-state index contributed by atoms with van der Waals surface area (Å²) in [5.74, 6) is 0.524. The molecule has 1 aromatic heterocycles. The maximum atomic E-state index is 13.1. The smallest absolute Gasteiger partial charge is 0.247 e. The van der Waals surface area contributed by atoms with Crippen molar-refractivity contribution >= 4 is 10.0 Å². The maximum Gasteiger partial charge on any atom is 0.247 e. The molecule has 0 spiro atoms. The average Bonchev–Trinajstić information content (AvgIpc) is 2.88. The second-order valence-corrected chi connectivity index (χ2v) is 8.03. The van der Waals surface area contributed by atoms with E-state index in [1.807, 2.05) is 0 Å². The molecule has 0 radical (unpaired) electrons. The van der Waals surface area contributed by atoms with Crippen molar-refractivity contribution in [2.45, 2.75) is 62.9 Å². The molecule has 1 aliphatic carbocycles. The number of fused-ring (bicyclic) bond motifs is 1. The molecule has 0 aromatic carbocycles. The minimum absolute atomic E-state index is 0.140. The van der Waals surface area contributed by atoms with Crippen LogP contribution in [0.2, 0.25) is 0 Å². The molecule has 2 heterocycles. The summed E-state index contributed by atoms with van der Waals surface area (Å²) in [4.78, 5) is 0.302. The van der Waals surface area contributed by atoms with Crippen molar-refractivity contribution in [1.82, 2.24) is 14.5 Å². The fourth-order valence-electron chi connectivity index (χ4n) is 3.94. The van der Waals surface area contributed by atoms with E-state index in [9.17, 15) is 8.42 Å². The van der Waals surface area contributed by atoms with E-state index in [0.29, 0.717) is 28.7 Å². The van der Waals surface area contributed by atoms with Gasteiger partial charge >= 0.3 is 0 Å². The summed E-state index contributed by atoms with van der Waals surface area (Å²) < 4.78 is 28.0. The number of H-pyrrole nitrogens is 1. The third kappa shape index (κ3) is 2.51. The standard InChI is InChI=1S/C14H24N4O2S/c1-10-14(12(9-15)17-16-10)21(19,20)18-8-4-6-11-5-2-3-7-13(11)18/h11,13H,2-9,15H2,1H3,(H,16,17)/t11-,13-/m1/s1. The highest BCUT2D eigenvalue weighted by molar-refractivity contribution is 7.89. The van der Waals surface area contributed by atoms with E-state index in [0.717, 1.165) is 32.1 Å². The fraction of sp³-hybridized carbons (Fsp3) is 0.786. The van der Waals surface area contributed by atoms with E-state index in [4.69, 9.17) is 5.73 Å². The molecule has 1 aromatic rings. The van der Waals surface area contributed by atoms with Crippen molar-refractivity contribution < 1.29 is 8.42 Å². The normalized spacial score (nSPS) is 27.5. The number of nitrogens with one attached hydrogen (secondary N) is 1. The van der Waals surface area contributed by atoms with Gasteiger partial charge in [0.2, 0.25) is 10.0 Å². The van der Waals surface area contributed by atoms with E-state index < -0.39 is 10.0 Å². The zero-order chi connectivity index (χ0) is 15.0. The fourth-order valence-corrected chi connectivity index (χ4v) is 6.04. The second kappa shape index (κ2) is 5.70. The van der Waals surface area contributed by atoms with Gasteiger partial charge in [-0.15, -0.1) is 0 Å². The Balaban J connectivity index is 1.98. The zero-order valence-corrected chi connectivity index (χ0v) is 13.3. The quantitative estimate of drug-likeness (QED) is 0.885. The van der Waals surface area contributed by atoms with Crippen LogP contribution in [0.5, 0.6) is 0 Å². The number of nitrogens with two attached hydrogens (primary N) is 1. The third-order valence-corrected chi connectivity index (χ3v) is 7.04. The van der Waals surface area contributed by atoms with Crippen molar-refractivity contribution in [3.05, 3.63) is 11.4 Å². The molecular formula is C14H24N4O2S. The molecule has 1 saturated heterocycles. The highest BCUT2D eigenvalue weighted by Crippen LogP contribution is 2.38. The van der Waals surface area contributed by atoms with Crippen LogP contribution >= 0.6 is 0 Å². The number of aromatic nitrogens is 2. The van der Waals surface area contributed by atoms with Crippen LogP contribution in [0.4, 0.5) is 0 Å². The monoisotopic (exact) mass is 312 g/mol. The lowest BCUT2D eigenvalue weighted by Gasteiger charge is -2.43. The van der Waals surface area contributed by atoms with Crippen molar-refractivity contribution in [2.75, 3.05) is 6.54 Å². The molecule has 7 heteroatoms. The van der Waals surface area contributed by atoms with Gasteiger partial charge in [0.25, 0.3) is 0 Å². The number of piperidine rings is 1. The lowest BCUT2D eigenvalue weighted by atomic mass is 9.79. The molecule has 3 rings (SSSR count). The van der Waals surface area contributed by atoms with Crippen LogP contribution < -0.4 is 5.73 Å². The summed E-state index contributed by atoms with van der Waals surface area (Å²) in [5, 5.41) is 6.81. The van der Waals surface area contributed by atoms with Gasteiger partial charge in [0.15, 0.2) is 0 Å². The van der Waals surface area contributed by atoms with Crippen LogP contribution in [-0.2, 0) is 16.6 Å². The van der Waals surface area contributed by atoms with Crippen LogP contribution in [0.15, 0.2) is 4.90 Å². The first-order valence-electron chi connectivity index (χ1n) is 7.81. The van der Waals surface area contributed by atoms with Gasteiger partial charge in [0.1, 0.15) is 4.90 Å². The number of nitrogens with zero attached hydrogens (tertiary/aromatic N) is 2. The molecule has 3 N–H and O–H groups in total. The number of hydrogen-bond acceptors (Lipinski definition) is 4. The zero-order valence-electron chi connectivity index (χ0n) is 12.5. The van der Waals surface area contributed by atoms with Crippen LogP contribution in [-0.4, -0.2) is 35.5 Å². The average molecular weight is 312 g/mol. The molecule has 0 amide bonds. The van der Waals surface area contributed by atoms with Crippen LogP contribution in [0.1, 0.15) is 49.9 Å². The van der Waals surface area contributed by atoms with Gasteiger partial charge in [-0.05, 0) is 38.5 Å². The van der Waals surface area contributed by atoms with Gasteiger partial charge in [-0.3, -0.25) is 5.10 Å². The van der Waals surface area contributed by atoms with Crippen LogP contribution in [0.3, 0.4) is 0 Å². The molecule has 1 aliphatic heterocycles. The highest BCUT2D eigenvalue weighted by atomic mass is 32.2. The van der Waals surface area contributed by atoms with Crippen molar-refractivity contribution in [2.24, 2.45) is 11.7 Å². The molecule has 1 saturated carbocycles. The Kier molecular flexibility index (Phi) is 4.07. The molecule has 21 heavy (non-hydrogen) atoms. The van der Waals surface area contributed by atoms with Crippen LogP contribution in [0.25, 0.3) is 0 Å². The Morgan fingerprint density at radius 1 is 1.29 bits per heavy atom. The number of aryl methyl sites for hydroxylation is 1. The van der Waals surface area contributed by atoms with E-state index in [-0.39, 0.29) is 12.6 Å². The van der Waals surface area contributed by atoms with E-state index >= 15 is 0 Å². The summed E-state index contributed by atoms with van der Waals surface area (Å²) in [5.41, 5.74) is 6.70. The highest BCUT2D eigenvalue weighted by Gasteiger charge is 2.41. The van der Waals surface area contributed by atoms with Gasteiger partial charge in [-0.1, -0.05) is 12.8 Å². The Hall–Kier alpha value is -0.920. The Morgan fingerprint density at radius 3 is 2.76 bits per heavy atom. The molecule has 118 valence electrons. The summed E-state index contributed by atoms with van der Waals surface area (Å²) in [6.45, 7) is 2.51. The Bertz CT molecular complexity index is 608. The predicted octanol–water partition coefficient (Wildman–Crippen LogP) is 1.52. The SMILES string of the molecule is Cc1[nH]nc(CN)c1S(=O)(=O)N1CCC[C@H]2CCCC[C@H]21. The first kappa shape index (κ1) is 15.0. The molecule has 0 unspecified atom stereocenters. The first-order valence-corrected chi connectivity index (χ1v) is 9.25. The van der Waals surface area contributed by atoms with Gasteiger partial charge in [-0.25, -0.2) is 8.42 Å². The third-order valence-electron chi connectivity index (χ3n) is 4.91. The Labute approximate surface area is 126 Å². The lowest BCUT2D eigenvalue weighted by molar-refractivity contribution is 0.129. The van der Waals surface area contributed by atoms with Gasteiger partial charge < -0.3 is 5.73 Å². The molecular weight excluding hydrogens is 288 g/mol. The number of hydrogen-bond donors (Lipinski definition) is 2. The summed E-state index contributed by atoms with van der Waals surface area (Å²) in [6.07, 6.45) is 6.61. The lowest BCUT2D eigenvalue weighted by Crippen LogP contribution is -2.49. The molecule has 2 atom stereocenters. The van der Waals surface area contributed by atoms with Crippen molar-refractivity contribution in [1.29, 1.82) is 0 Å². The number of aromatic amines is 1.